The summed E-state index contributed by atoms with van der Waals surface area (Å²) in [6.45, 7) is 10.4. The smallest absolute Gasteiger partial charge is 0.213 e. The minimum Gasteiger partial charge on any atom is -0.456 e. The molecule has 1 aliphatic heterocycles. The Bertz CT molecular complexity index is 3440. The molecule has 3 atom stereocenters. The van der Waals surface area contributed by atoms with Crippen molar-refractivity contribution >= 4 is 43.9 Å². The molecule has 0 amide bonds. The number of furan rings is 2. The fourth-order valence-corrected chi connectivity index (χ4v) is 11.8. The highest BCUT2D eigenvalue weighted by Crippen LogP contribution is 2.76. The molecule has 4 aromatic heterocycles. The molecule has 3 unspecified atom stereocenters. The molecular formula is C59H52N2O2+2. The number of rotatable bonds is 10. The van der Waals surface area contributed by atoms with Crippen LogP contribution >= 0.6 is 0 Å². The van der Waals surface area contributed by atoms with Crippen LogP contribution in [0.15, 0.2) is 173 Å². The number of hydrogen-bond acceptors (Lipinski definition) is 2. The van der Waals surface area contributed by atoms with E-state index in [1.54, 1.807) is 0 Å². The molecule has 2 aliphatic rings. The summed E-state index contributed by atoms with van der Waals surface area (Å²) in [5.74, 6) is 0. The number of para-hydroxylation sites is 1. The Morgan fingerprint density at radius 2 is 1.29 bits per heavy atom. The Hall–Kier alpha value is -6.78. The molecule has 63 heavy (non-hydrogen) atoms. The first kappa shape index (κ1) is 37.9. The molecule has 6 aromatic carbocycles. The van der Waals surface area contributed by atoms with Crippen LogP contribution in [0.5, 0.6) is 0 Å². The van der Waals surface area contributed by atoms with E-state index in [1.807, 2.05) is 18.2 Å². The van der Waals surface area contributed by atoms with E-state index in [1.165, 1.54) is 68.7 Å². The van der Waals surface area contributed by atoms with E-state index in [4.69, 9.17) is 8.83 Å². The second-order valence-electron chi connectivity index (χ2n) is 18.5. The fraction of sp³-hybridized carbons (Fsp3) is 0.220. The van der Waals surface area contributed by atoms with Gasteiger partial charge in [0.15, 0.2) is 18.4 Å². The van der Waals surface area contributed by atoms with Crippen molar-refractivity contribution in [2.24, 2.45) is 5.41 Å². The summed E-state index contributed by atoms with van der Waals surface area (Å²) < 4.78 is 17.8. The van der Waals surface area contributed by atoms with Gasteiger partial charge in [-0.3, -0.25) is 0 Å². The van der Waals surface area contributed by atoms with Gasteiger partial charge < -0.3 is 8.83 Å². The van der Waals surface area contributed by atoms with Crippen molar-refractivity contribution in [3.63, 3.8) is 0 Å². The minimum atomic E-state index is 0.0580. The van der Waals surface area contributed by atoms with Crippen molar-refractivity contribution in [1.82, 2.24) is 0 Å². The summed E-state index contributed by atoms with van der Waals surface area (Å²) in [6.07, 6.45) is 10.6. The van der Waals surface area contributed by atoms with Gasteiger partial charge in [0.1, 0.15) is 28.9 Å². The van der Waals surface area contributed by atoms with E-state index in [0.717, 1.165) is 75.2 Å². The second-order valence-corrected chi connectivity index (χ2v) is 18.5. The van der Waals surface area contributed by atoms with Gasteiger partial charge in [0.25, 0.3) is 0 Å². The maximum absolute atomic E-state index is 6.37. The minimum absolute atomic E-state index is 0.0580. The van der Waals surface area contributed by atoms with Crippen LogP contribution in [0.1, 0.15) is 69.2 Å². The fourth-order valence-electron chi connectivity index (χ4n) is 11.8. The van der Waals surface area contributed by atoms with Crippen LogP contribution in [0.4, 0.5) is 0 Å². The molecule has 0 spiro atoms. The summed E-state index contributed by atoms with van der Waals surface area (Å²) in [7, 11) is 0. The Balaban J connectivity index is 0.879. The van der Waals surface area contributed by atoms with Crippen molar-refractivity contribution in [3.8, 4) is 44.8 Å². The summed E-state index contributed by atoms with van der Waals surface area (Å²) in [6, 6.07) is 56.2. The average Bonchev–Trinajstić information content (AvgIpc) is 3.51. The molecular weight excluding hydrogens is 769 g/mol. The standard InChI is InChI=1S/C59H52N2O2/c1-5-7-15-39-24-27-52-45-19-8-10-20-50(45)59(57(61(52)37-39)58(59,4)6-2)29-31-60-30-13-12-21-51(60)46-33-42(25-23-38(46)3)40-16-14-17-41(32-40)43-26-28-54-47(34-43)49-35-48-44-18-9-11-22-53(44)62-55(48)36-56(49)63-54/h8-14,16-28,30,32-37,57H,5-7,15,29,31H2,1-4H3/q+2. The molecule has 1 saturated carbocycles. The molecule has 1 fully saturated rings. The monoisotopic (exact) mass is 820 g/mol. The Morgan fingerprint density at radius 3 is 2.13 bits per heavy atom. The molecule has 10 aromatic rings. The highest BCUT2D eigenvalue weighted by atomic mass is 16.3. The van der Waals surface area contributed by atoms with Gasteiger partial charge in [-0.05, 0) is 114 Å². The number of pyridine rings is 2. The molecule has 4 nitrogen and oxygen atoms in total. The predicted molar refractivity (Wildman–Crippen MR) is 257 cm³/mol. The SMILES string of the molecule is CCCCc1ccc2[n+](c1)C1C(C)(CC)C1(CC[n+]1ccccc1-c1cc(-c3cccc(-c4ccc5oc6cc7oc8ccccc8c7cc6c5c4)c3)ccc1C)c1ccccc1-2. The third kappa shape index (κ3) is 5.73. The lowest BCUT2D eigenvalue weighted by Crippen LogP contribution is -2.44. The highest BCUT2D eigenvalue weighted by Gasteiger charge is 2.82. The third-order valence-corrected chi connectivity index (χ3v) is 15.3. The summed E-state index contributed by atoms with van der Waals surface area (Å²) in [5, 5.41) is 4.45. The second kappa shape index (κ2) is 14.4. The highest BCUT2D eigenvalue weighted by molar-refractivity contribution is 6.15. The van der Waals surface area contributed by atoms with Crippen LogP contribution in [-0.4, -0.2) is 0 Å². The van der Waals surface area contributed by atoms with Crippen LogP contribution in [0.25, 0.3) is 88.6 Å². The topological polar surface area (TPSA) is 34.0 Å². The zero-order chi connectivity index (χ0) is 42.5. The van der Waals surface area contributed by atoms with Gasteiger partial charge >= 0.3 is 0 Å². The Kier molecular flexibility index (Phi) is 8.66. The number of fused-ring (bicyclic) bond motifs is 12. The van der Waals surface area contributed by atoms with Crippen LogP contribution in [0, 0.1) is 12.3 Å². The Labute approximate surface area is 369 Å². The molecule has 0 bridgehead atoms. The van der Waals surface area contributed by atoms with Gasteiger partial charge in [-0.15, -0.1) is 0 Å². The van der Waals surface area contributed by atoms with Crippen molar-refractivity contribution in [1.29, 1.82) is 0 Å². The lowest BCUT2D eigenvalue weighted by Gasteiger charge is -2.24. The first-order valence-electron chi connectivity index (χ1n) is 23.0. The van der Waals surface area contributed by atoms with Crippen LogP contribution in [0.2, 0.25) is 0 Å². The quantitative estimate of drug-likeness (QED) is 0.129. The van der Waals surface area contributed by atoms with E-state index < -0.39 is 0 Å². The number of nitrogens with zero attached hydrogens (tertiary/aromatic N) is 2. The number of aromatic nitrogens is 2. The maximum Gasteiger partial charge on any atom is 0.213 e. The van der Waals surface area contributed by atoms with Crippen LogP contribution in [-0.2, 0) is 18.4 Å². The lowest BCUT2D eigenvalue weighted by molar-refractivity contribution is -0.705. The molecule has 4 heteroatoms. The Morgan fingerprint density at radius 1 is 0.571 bits per heavy atom. The molecule has 1 aliphatic carbocycles. The van der Waals surface area contributed by atoms with E-state index in [-0.39, 0.29) is 10.8 Å². The molecule has 5 heterocycles. The van der Waals surface area contributed by atoms with Gasteiger partial charge in [0.05, 0.1) is 11.0 Å². The van der Waals surface area contributed by atoms with Crippen molar-refractivity contribution in [2.75, 3.05) is 0 Å². The van der Waals surface area contributed by atoms with E-state index >= 15 is 0 Å². The average molecular weight is 821 g/mol. The predicted octanol–water partition coefficient (Wildman–Crippen LogP) is 14.7. The van der Waals surface area contributed by atoms with E-state index in [9.17, 15) is 0 Å². The summed E-state index contributed by atoms with van der Waals surface area (Å²) >= 11 is 0. The molecule has 0 saturated heterocycles. The molecule has 12 rings (SSSR count). The number of hydrogen-bond donors (Lipinski definition) is 0. The zero-order valence-corrected chi connectivity index (χ0v) is 36.6. The van der Waals surface area contributed by atoms with Gasteiger partial charge in [-0.2, -0.15) is 9.13 Å². The van der Waals surface area contributed by atoms with Crippen LogP contribution < -0.4 is 9.13 Å². The van der Waals surface area contributed by atoms with Gasteiger partial charge in [0, 0.05) is 68.8 Å². The molecule has 0 N–H and O–H groups in total. The summed E-state index contributed by atoms with van der Waals surface area (Å²) in [4.78, 5) is 0. The number of benzene rings is 6. The van der Waals surface area contributed by atoms with E-state index in [2.05, 4.69) is 183 Å². The first-order chi connectivity index (χ1) is 30.9. The first-order valence-corrected chi connectivity index (χ1v) is 23.0. The summed E-state index contributed by atoms with van der Waals surface area (Å²) in [5.41, 5.74) is 18.0. The van der Waals surface area contributed by atoms with Crippen molar-refractivity contribution in [3.05, 3.63) is 181 Å². The van der Waals surface area contributed by atoms with Crippen molar-refractivity contribution < 1.29 is 18.0 Å². The number of unbranched alkanes of at least 4 members (excludes halogenated alkanes) is 1. The van der Waals surface area contributed by atoms with Gasteiger partial charge in [-0.1, -0.05) is 100.0 Å². The van der Waals surface area contributed by atoms with Crippen LogP contribution in [0.3, 0.4) is 0 Å². The van der Waals surface area contributed by atoms with E-state index in [0.29, 0.717) is 6.04 Å². The lowest BCUT2D eigenvalue weighted by atomic mass is 9.79. The third-order valence-electron chi connectivity index (χ3n) is 15.3. The van der Waals surface area contributed by atoms with Crippen molar-refractivity contribution in [2.45, 2.75) is 77.8 Å². The zero-order valence-electron chi connectivity index (χ0n) is 36.6. The molecule has 0 radical (unpaired) electrons. The normalized spacial score (nSPS) is 18.8. The number of aryl methyl sites for hydroxylation is 3. The van der Waals surface area contributed by atoms with Gasteiger partial charge in [0.2, 0.25) is 11.4 Å². The van der Waals surface area contributed by atoms with Gasteiger partial charge in [-0.25, -0.2) is 0 Å². The molecule has 308 valence electrons. The largest absolute Gasteiger partial charge is 0.456 e. The maximum atomic E-state index is 6.37.